The molecule has 1 aromatic heterocycles. The van der Waals surface area contributed by atoms with Crippen molar-refractivity contribution < 1.29 is 9.90 Å². The first kappa shape index (κ1) is 16.1. The highest BCUT2D eigenvalue weighted by Crippen LogP contribution is 2.26. The number of aryl methyl sites for hydroxylation is 1. The third-order valence-electron chi connectivity index (χ3n) is 4.50. The molecule has 1 aliphatic rings. The van der Waals surface area contributed by atoms with Gasteiger partial charge in [0, 0.05) is 23.5 Å². The molecule has 0 saturated heterocycles. The third kappa shape index (κ3) is 4.18. The van der Waals surface area contributed by atoms with Crippen LogP contribution < -0.4 is 5.32 Å². The molecule has 1 aliphatic carbocycles. The molecule has 122 valence electrons. The molecule has 5 heteroatoms. The Kier molecular flexibility index (Phi) is 5.08. The second-order valence-corrected chi connectivity index (χ2v) is 7.14. The minimum Gasteiger partial charge on any atom is -0.481 e. The minimum atomic E-state index is -0.648. The summed E-state index contributed by atoms with van der Waals surface area (Å²) in [6.07, 6.45) is 3.43. The van der Waals surface area contributed by atoms with Crippen molar-refractivity contribution in [2.45, 2.75) is 45.2 Å². The monoisotopic (exact) mass is 330 g/mol. The van der Waals surface area contributed by atoms with Gasteiger partial charge in [0.1, 0.15) is 5.01 Å². The first-order valence-electron chi connectivity index (χ1n) is 8.09. The van der Waals surface area contributed by atoms with E-state index in [0.29, 0.717) is 6.04 Å². The zero-order valence-corrected chi connectivity index (χ0v) is 14.1. The fraction of sp³-hybridized carbons (Fsp3) is 0.444. The Morgan fingerprint density at radius 3 is 2.61 bits per heavy atom. The molecule has 0 amide bonds. The zero-order chi connectivity index (χ0) is 16.2. The van der Waals surface area contributed by atoms with Crippen molar-refractivity contribution in [2.75, 3.05) is 0 Å². The highest BCUT2D eigenvalue weighted by atomic mass is 32.1. The Morgan fingerprint density at radius 1 is 1.26 bits per heavy atom. The maximum atomic E-state index is 11.0. The van der Waals surface area contributed by atoms with Gasteiger partial charge in [-0.3, -0.25) is 4.79 Å². The molecule has 0 unspecified atom stereocenters. The number of nitrogens with one attached hydrogen (secondary N) is 1. The van der Waals surface area contributed by atoms with Crippen molar-refractivity contribution in [1.29, 1.82) is 0 Å². The average Bonchev–Trinajstić information content (AvgIpc) is 3.03. The molecule has 0 bridgehead atoms. The van der Waals surface area contributed by atoms with Crippen LogP contribution in [0.15, 0.2) is 29.6 Å². The molecule has 2 N–H and O–H groups in total. The van der Waals surface area contributed by atoms with Crippen molar-refractivity contribution in [1.82, 2.24) is 10.3 Å². The lowest BCUT2D eigenvalue weighted by Crippen LogP contribution is -2.34. The molecule has 2 aromatic rings. The number of carbonyl (C=O) groups is 1. The fourth-order valence-corrected chi connectivity index (χ4v) is 3.84. The summed E-state index contributed by atoms with van der Waals surface area (Å²) in [5.74, 6) is -0.800. The third-order valence-corrected chi connectivity index (χ3v) is 5.44. The number of aromatic nitrogens is 1. The van der Waals surface area contributed by atoms with Crippen molar-refractivity contribution >= 4 is 17.3 Å². The Hall–Kier alpha value is -1.72. The zero-order valence-electron chi connectivity index (χ0n) is 13.3. The van der Waals surface area contributed by atoms with Crippen LogP contribution in [0.3, 0.4) is 0 Å². The number of carboxylic acids is 1. The van der Waals surface area contributed by atoms with E-state index in [0.717, 1.165) is 48.5 Å². The quantitative estimate of drug-likeness (QED) is 0.874. The van der Waals surface area contributed by atoms with Crippen LogP contribution in [0.4, 0.5) is 0 Å². The summed E-state index contributed by atoms with van der Waals surface area (Å²) >= 11 is 1.67. The van der Waals surface area contributed by atoms with Gasteiger partial charge in [-0.05, 0) is 32.6 Å². The summed E-state index contributed by atoms with van der Waals surface area (Å²) in [5, 5.41) is 15.7. The summed E-state index contributed by atoms with van der Waals surface area (Å²) in [6.45, 7) is 2.84. The van der Waals surface area contributed by atoms with Crippen molar-refractivity contribution in [3.8, 4) is 10.6 Å². The van der Waals surface area contributed by atoms with Gasteiger partial charge in [-0.25, -0.2) is 4.98 Å². The lowest BCUT2D eigenvalue weighted by Gasteiger charge is -2.26. The molecule has 0 aliphatic heterocycles. The van der Waals surface area contributed by atoms with Gasteiger partial charge < -0.3 is 10.4 Å². The first-order chi connectivity index (χ1) is 11.1. The maximum Gasteiger partial charge on any atom is 0.306 e. The van der Waals surface area contributed by atoms with Gasteiger partial charge in [0.25, 0.3) is 0 Å². The van der Waals surface area contributed by atoms with Gasteiger partial charge in [0.05, 0.1) is 11.6 Å². The summed E-state index contributed by atoms with van der Waals surface area (Å²) in [4.78, 5) is 15.7. The lowest BCUT2D eigenvalue weighted by atomic mass is 9.86. The van der Waals surface area contributed by atoms with Crippen LogP contribution in [-0.2, 0) is 11.3 Å². The topological polar surface area (TPSA) is 62.2 Å². The Bertz CT molecular complexity index is 658. The van der Waals surface area contributed by atoms with Gasteiger partial charge in [0.2, 0.25) is 0 Å². The molecular weight excluding hydrogens is 308 g/mol. The van der Waals surface area contributed by atoms with Gasteiger partial charge in [0.15, 0.2) is 0 Å². The van der Waals surface area contributed by atoms with E-state index in [9.17, 15) is 4.79 Å². The van der Waals surface area contributed by atoms with E-state index in [1.807, 2.05) is 0 Å². The molecule has 1 fully saturated rings. The van der Waals surface area contributed by atoms with Crippen LogP contribution in [0.2, 0.25) is 0 Å². The van der Waals surface area contributed by atoms with Crippen molar-refractivity contribution in [2.24, 2.45) is 5.92 Å². The highest BCUT2D eigenvalue weighted by Gasteiger charge is 2.25. The van der Waals surface area contributed by atoms with Crippen molar-refractivity contribution in [3.05, 3.63) is 40.9 Å². The smallest absolute Gasteiger partial charge is 0.306 e. The fourth-order valence-electron chi connectivity index (χ4n) is 3.01. The molecule has 3 rings (SSSR count). The summed E-state index contributed by atoms with van der Waals surface area (Å²) < 4.78 is 0. The second kappa shape index (κ2) is 7.23. The molecule has 23 heavy (non-hydrogen) atoms. The average molecular weight is 330 g/mol. The van der Waals surface area contributed by atoms with Crippen LogP contribution in [0.25, 0.3) is 10.6 Å². The summed E-state index contributed by atoms with van der Waals surface area (Å²) in [6, 6.07) is 8.84. The molecule has 4 nitrogen and oxygen atoms in total. The van der Waals surface area contributed by atoms with E-state index in [2.05, 4.69) is 41.9 Å². The molecule has 0 spiro atoms. The predicted octanol–water partition coefficient (Wildman–Crippen LogP) is 3.85. The molecule has 0 atom stereocenters. The first-order valence-corrected chi connectivity index (χ1v) is 8.97. The number of hydrogen-bond acceptors (Lipinski definition) is 4. The van der Waals surface area contributed by atoms with Crippen LogP contribution in [0, 0.1) is 12.8 Å². The van der Waals surface area contributed by atoms with E-state index >= 15 is 0 Å². The number of thiazole rings is 1. The number of hydrogen-bond donors (Lipinski definition) is 2. The molecular formula is C18H22N2O2S. The molecule has 1 heterocycles. The standard InChI is InChI=1S/C18H22N2O2S/c1-12-2-4-13(5-3-12)17-20-16(11-23-17)10-19-15-8-6-14(7-9-15)18(21)22/h2-5,11,14-15,19H,6-10H2,1H3,(H,21,22). The Balaban J connectivity index is 1.52. The number of nitrogens with zero attached hydrogens (tertiary/aromatic N) is 1. The SMILES string of the molecule is Cc1ccc(-c2nc(CNC3CCC(C(=O)O)CC3)cs2)cc1. The van der Waals surface area contributed by atoms with Gasteiger partial charge in [-0.1, -0.05) is 29.8 Å². The van der Waals surface area contributed by atoms with Gasteiger partial charge in [-0.15, -0.1) is 11.3 Å². The van der Waals surface area contributed by atoms with Gasteiger partial charge in [-0.2, -0.15) is 0 Å². The number of carboxylic acid groups (broad SMARTS) is 1. The number of rotatable bonds is 5. The minimum absolute atomic E-state index is 0.152. The highest BCUT2D eigenvalue weighted by molar-refractivity contribution is 7.13. The normalized spacial score (nSPS) is 21.3. The second-order valence-electron chi connectivity index (χ2n) is 6.28. The molecule has 1 saturated carbocycles. The number of aliphatic carboxylic acids is 1. The van der Waals surface area contributed by atoms with E-state index in [1.165, 1.54) is 5.56 Å². The van der Waals surface area contributed by atoms with E-state index in [-0.39, 0.29) is 5.92 Å². The van der Waals surface area contributed by atoms with Crippen LogP contribution >= 0.6 is 11.3 Å². The molecule has 1 aromatic carbocycles. The summed E-state index contributed by atoms with van der Waals surface area (Å²) in [5.41, 5.74) is 3.48. The Morgan fingerprint density at radius 2 is 1.96 bits per heavy atom. The lowest BCUT2D eigenvalue weighted by molar-refractivity contribution is -0.142. The van der Waals surface area contributed by atoms with E-state index < -0.39 is 5.97 Å². The Labute approximate surface area is 140 Å². The summed E-state index contributed by atoms with van der Waals surface area (Å²) in [7, 11) is 0. The van der Waals surface area contributed by atoms with E-state index in [1.54, 1.807) is 11.3 Å². The van der Waals surface area contributed by atoms with Gasteiger partial charge >= 0.3 is 5.97 Å². The van der Waals surface area contributed by atoms with E-state index in [4.69, 9.17) is 10.1 Å². The predicted molar refractivity (Wildman–Crippen MR) is 92.5 cm³/mol. The maximum absolute atomic E-state index is 11.0. The molecule has 0 radical (unpaired) electrons. The largest absolute Gasteiger partial charge is 0.481 e. The van der Waals surface area contributed by atoms with Crippen LogP contribution in [-0.4, -0.2) is 22.1 Å². The van der Waals surface area contributed by atoms with Crippen LogP contribution in [0.1, 0.15) is 36.9 Å². The number of benzene rings is 1. The van der Waals surface area contributed by atoms with Crippen molar-refractivity contribution in [3.63, 3.8) is 0 Å². The van der Waals surface area contributed by atoms with Crippen LogP contribution in [0.5, 0.6) is 0 Å².